The van der Waals surface area contributed by atoms with Crippen LogP contribution in [-0.4, -0.2) is 43.8 Å². The molecule has 0 saturated heterocycles. The van der Waals surface area contributed by atoms with Gasteiger partial charge in [0.1, 0.15) is 17.2 Å². The van der Waals surface area contributed by atoms with Crippen molar-refractivity contribution >= 4 is 28.7 Å². The van der Waals surface area contributed by atoms with Crippen LogP contribution in [0.4, 0.5) is 4.39 Å². The number of hydrogen-bond donors (Lipinski definition) is 2. The van der Waals surface area contributed by atoms with Crippen LogP contribution >= 0.6 is 0 Å². The fourth-order valence-electron chi connectivity index (χ4n) is 4.17. The number of rotatable bonds is 7. The maximum Gasteiger partial charge on any atom is 0.255 e. The van der Waals surface area contributed by atoms with Crippen LogP contribution in [0.1, 0.15) is 33.2 Å². The standard InChI is InChI=1S/C30H28FN3O4/c1-17(2)33-29(36)20-8-6-7-19(13-20)23-16-24-25(14-21(23)15-26(35)34(4)5)38-28(27(24)30(37)32-3)18-9-11-22(31)12-10-18/h6-14,16H,1,15H2,2-5H3,(H,32,37)(H,33,36). The molecule has 0 aliphatic heterocycles. The van der Waals surface area contributed by atoms with Gasteiger partial charge in [-0.15, -0.1) is 0 Å². The summed E-state index contributed by atoms with van der Waals surface area (Å²) in [4.78, 5) is 39.9. The van der Waals surface area contributed by atoms with Crippen LogP contribution in [0.2, 0.25) is 0 Å². The topological polar surface area (TPSA) is 91.6 Å². The first-order valence-corrected chi connectivity index (χ1v) is 11.9. The number of carbonyl (C=O) groups is 3. The zero-order valence-corrected chi connectivity index (χ0v) is 21.6. The van der Waals surface area contributed by atoms with Crippen molar-refractivity contribution in [2.75, 3.05) is 21.1 Å². The number of hydrogen-bond acceptors (Lipinski definition) is 4. The van der Waals surface area contributed by atoms with Crippen molar-refractivity contribution in [3.63, 3.8) is 0 Å². The minimum Gasteiger partial charge on any atom is -0.455 e. The van der Waals surface area contributed by atoms with Crippen LogP contribution in [0.15, 0.2) is 77.4 Å². The molecule has 7 nitrogen and oxygen atoms in total. The molecular weight excluding hydrogens is 485 g/mol. The summed E-state index contributed by atoms with van der Waals surface area (Å²) >= 11 is 0. The smallest absolute Gasteiger partial charge is 0.255 e. The van der Waals surface area contributed by atoms with E-state index in [1.54, 1.807) is 63.5 Å². The van der Waals surface area contributed by atoms with E-state index in [0.29, 0.717) is 44.5 Å². The average Bonchev–Trinajstić information content (AvgIpc) is 3.26. The first-order chi connectivity index (χ1) is 18.1. The van der Waals surface area contributed by atoms with Gasteiger partial charge in [0.25, 0.3) is 11.8 Å². The first kappa shape index (κ1) is 26.3. The van der Waals surface area contributed by atoms with Crippen molar-refractivity contribution in [2.24, 2.45) is 0 Å². The fourth-order valence-corrected chi connectivity index (χ4v) is 4.17. The Bertz CT molecular complexity index is 1570. The molecule has 0 spiro atoms. The summed E-state index contributed by atoms with van der Waals surface area (Å²) in [5, 5.41) is 5.87. The molecule has 4 rings (SSSR count). The van der Waals surface area contributed by atoms with Gasteiger partial charge in [0.15, 0.2) is 0 Å². The van der Waals surface area contributed by atoms with Crippen LogP contribution in [0, 0.1) is 5.82 Å². The Hall–Kier alpha value is -4.72. The molecule has 8 heteroatoms. The lowest BCUT2D eigenvalue weighted by Gasteiger charge is -2.15. The lowest BCUT2D eigenvalue weighted by molar-refractivity contribution is -0.127. The highest BCUT2D eigenvalue weighted by Gasteiger charge is 2.24. The molecule has 0 saturated carbocycles. The zero-order chi connectivity index (χ0) is 27.6. The molecule has 1 heterocycles. The Kier molecular flexibility index (Phi) is 7.43. The summed E-state index contributed by atoms with van der Waals surface area (Å²) in [5.74, 6) is -0.927. The Morgan fingerprint density at radius 1 is 0.974 bits per heavy atom. The molecule has 3 aromatic carbocycles. The van der Waals surface area contributed by atoms with Crippen LogP contribution in [0.25, 0.3) is 33.4 Å². The third-order valence-electron chi connectivity index (χ3n) is 6.08. The van der Waals surface area contributed by atoms with Crippen LogP contribution in [0.5, 0.6) is 0 Å². The molecule has 4 aromatic rings. The molecule has 0 atom stereocenters. The lowest BCUT2D eigenvalue weighted by Crippen LogP contribution is -2.23. The second-order valence-corrected chi connectivity index (χ2v) is 9.18. The highest BCUT2D eigenvalue weighted by molar-refractivity contribution is 6.12. The monoisotopic (exact) mass is 513 g/mol. The molecule has 3 amide bonds. The SMILES string of the molecule is C=C(C)NC(=O)c1cccc(-c2cc3c(C(=O)NC)c(-c4ccc(F)cc4)oc3cc2CC(=O)N(C)C)c1. The van der Waals surface area contributed by atoms with E-state index in [0.717, 1.165) is 0 Å². The van der Waals surface area contributed by atoms with Gasteiger partial charge in [-0.05, 0) is 72.1 Å². The first-order valence-electron chi connectivity index (χ1n) is 11.9. The number of likely N-dealkylation sites (N-methyl/N-ethyl adjacent to an activating group) is 1. The highest BCUT2D eigenvalue weighted by Crippen LogP contribution is 2.38. The van der Waals surface area contributed by atoms with Gasteiger partial charge >= 0.3 is 0 Å². The molecule has 0 fully saturated rings. The van der Waals surface area contributed by atoms with Gasteiger partial charge < -0.3 is 20.0 Å². The van der Waals surface area contributed by atoms with Crippen molar-refractivity contribution in [3.05, 3.63) is 95.4 Å². The summed E-state index contributed by atoms with van der Waals surface area (Å²) in [6, 6.07) is 16.2. The average molecular weight is 514 g/mol. The molecule has 38 heavy (non-hydrogen) atoms. The van der Waals surface area contributed by atoms with Crippen molar-refractivity contribution in [1.29, 1.82) is 0 Å². The molecule has 1 aromatic heterocycles. The molecule has 0 bridgehead atoms. The number of carbonyl (C=O) groups excluding carboxylic acids is 3. The van der Waals surface area contributed by atoms with Gasteiger partial charge in [0, 0.05) is 43.4 Å². The second kappa shape index (κ2) is 10.7. The number of amides is 3. The maximum absolute atomic E-state index is 13.6. The van der Waals surface area contributed by atoms with E-state index in [2.05, 4.69) is 17.2 Å². The molecule has 0 unspecified atom stereocenters. The van der Waals surface area contributed by atoms with Gasteiger partial charge in [-0.2, -0.15) is 0 Å². The predicted octanol–water partition coefficient (Wildman–Crippen LogP) is 5.16. The number of nitrogens with zero attached hydrogens (tertiary/aromatic N) is 1. The van der Waals surface area contributed by atoms with Crippen molar-refractivity contribution in [2.45, 2.75) is 13.3 Å². The highest BCUT2D eigenvalue weighted by atomic mass is 19.1. The second-order valence-electron chi connectivity index (χ2n) is 9.18. The minimum atomic E-state index is -0.409. The number of allylic oxidation sites excluding steroid dienone is 1. The summed E-state index contributed by atoms with van der Waals surface area (Å²) in [6.07, 6.45) is 0.0718. The summed E-state index contributed by atoms with van der Waals surface area (Å²) in [6.45, 7) is 5.41. The number of halogens is 1. The van der Waals surface area contributed by atoms with E-state index in [-0.39, 0.29) is 35.5 Å². The Morgan fingerprint density at radius 3 is 2.32 bits per heavy atom. The van der Waals surface area contributed by atoms with Gasteiger partial charge in [-0.3, -0.25) is 14.4 Å². The summed E-state index contributed by atoms with van der Waals surface area (Å²) in [5.41, 5.74) is 4.19. The molecule has 0 radical (unpaired) electrons. The molecule has 2 N–H and O–H groups in total. The maximum atomic E-state index is 13.6. The van der Waals surface area contributed by atoms with Gasteiger partial charge in [-0.25, -0.2) is 4.39 Å². The van der Waals surface area contributed by atoms with E-state index in [9.17, 15) is 18.8 Å². The van der Waals surface area contributed by atoms with E-state index in [4.69, 9.17) is 4.42 Å². The number of nitrogens with one attached hydrogen (secondary N) is 2. The van der Waals surface area contributed by atoms with E-state index in [1.807, 2.05) is 6.07 Å². The van der Waals surface area contributed by atoms with E-state index in [1.165, 1.54) is 24.1 Å². The normalized spacial score (nSPS) is 10.8. The summed E-state index contributed by atoms with van der Waals surface area (Å²) < 4.78 is 19.7. The number of benzene rings is 3. The van der Waals surface area contributed by atoms with Gasteiger partial charge in [0.2, 0.25) is 5.91 Å². The predicted molar refractivity (Wildman–Crippen MR) is 145 cm³/mol. The van der Waals surface area contributed by atoms with Crippen LogP contribution < -0.4 is 10.6 Å². The van der Waals surface area contributed by atoms with Crippen molar-refractivity contribution in [3.8, 4) is 22.5 Å². The lowest BCUT2D eigenvalue weighted by atomic mass is 9.93. The van der Waals surface area contributed by atoms with Crippen molar-refractivity contribution in [1.82, 2.24) is 15.5 Å². The van der Waals surface area contributed by atoms with Gasteiger partial charge in [-0.1, -0.05) is 18.7 Å². The quantitative estimate of drug-likeness (QED) is 0.357. The third kappa shape index (κ3) is 5.34. The molecule has 0 aliphatic carbocycles. The number of fused-ring (bicyclic) bond motifs is 1. The van der Waals surface area contributed by atoms with Crippen molar-refractivity contribution < 1.29 is 23.2 Å². The minimum absolute atomic E-state index is 0.0718. The molecule has 194 valence electrons. The largest absolute Gasteiger partial charge is 0.455 e. The van der Waals surface area contributed by atoms with E-state index < -0.39 is 5.82 Å². The van der Waals surface area contributed by atoms with Crippen LogP contribution in [-0.2, 0) is 11.2 Å². The third-order valence-corrected chi connectivity index (χ3v) is 6.08. The Morgan fingerprint density at radius 2 is 1.68 bits per heavy atom. The molecule has 0 aliphatic rings. The zero-order valence-electron chi connectivity index (χ0n) is 21.6. The Balaban J connectivity index is 1.97. The fraction of sp³-hybridized carbons (Fsp3) is 0.167. The Labute approximate surface area is 219 Å². The number of furan rings is 1. The van der Waals surface area contributed by atoms with Crippen LogP contribution in [0.3, 0.4) is 0 Å². The summed E-state index contributed by atoms with van der Waals surface area (Å²) in [7, 11) is 4.86. The molecular formula is C30H28FN3O4. The van der Waals surface area contributed by atoms with E-state index >= 15 is 0 Å². The van der Waals surface area contributed by atoms with Gasteiger partial charge in [0.05, 0.1) is 12.0 Å².